The van der Waals surface area contributed by atoms with E-state index in [1.807, 2.05) is 0 Å². The predicted molar refractivity (Wildman–Crippen MR) is 45.1 cm³/mol. The molecule has 2 nitrogen and oxygen atoms in total. The predicted octanol–water partition coefficient (Wildman–Crippen LogP) is 1.81. The Morgan fingerprint density at radius 2 is 2.20 bits per heavy atom. The van der Waals surface area contributed by atoms with Crippen molar-refractivity contribution in [2.45, 2.75) is 6.92 Å². The molecule has 0 aliphatic carbocycles. The third-order valence-corrected chi connectivity index (χ3v) is 1.56. The van der Waals surface area contributed by atoms with Crippen LogP contribution in [-0.4, -0.2) is 0 Å². The maximum atomic E-state index is 10.7. The van der Waals surface area contributed by atoms with Crippen LogP contribution in [0.25, 0.3) is 0 Å². The molecule has 0 saturated carbocycles. The number of hydrogen-bond donors (Lipinski definition) is 0. The summed E-state index contributed by atoms with van der Waals surface area (Å²) in [5.41, 5.74) is 0.698. The molecule has 1 heterocycles. The van der Waals surface area contributed by atoms with E-state index in [1.165, 1.54) is 6.20 Å². The normalized spacial score (nSPS) is 8.60. The van der Waals surface area contributed by atoms with Crippen LogP contribution in [0.2, 0.25) is 0 Å². The van der Waals surface area contributed by atoms with Gasteiger partial charge in [-0.25, -0.2) is 0 Å². The van der Waals surface area contributed by atoms with E-state index in [4.69, 9.17) is 0 Å². The summed E-state index contributed by atoms with van der Waals surface area (Å²) in [5, 5.41) is 10.7. The van der Waals surface area contributed by atoms with Gasteiger partial charge >= 0.3 is 0 Å². The van der Waals surface area contributed by atoms with Gasteiger partial charge in [-0.15, -0.1) is 12.4 Å². The molecular weight excluding hydrogens is 217 g/mol. The lowest BCUT2D eigenvalue weighted by Crippen LogP contribution is -2.28. The largest absolute Gasteiger partial charge is 0.619 e. The number of nitrogens with zero attached hydrogens (tertiary/aromatic N) is 1. The Kier molecular flexibility index (Phi) is 3.68. The Morgan fingerprint density at radius 3 is 2.60 bits per heavy atom. The van der Waals surface area contributed by atoms with Gasteiger partial charge in [-0.3, -0.25) is 0 Å². The highest BCUT2D eigenvalue weighted by Crippen LogP contribution is 2.06. The van der Waals surface area contributed by atoms with Gasteiger partial charge in [-0.2, -0.15) is 4.73 Å². The van der Waals surface area contributed by atoms with Crippen molar-refractivity contribution in [2.24, 2.45) is 0 Å². The van der Waals surface area contributed by atoms with Crippen LogP contribution in [0, 0.1) is 12.1 Å². The summed E-state index contributed by atoms with van der Waals surface area (Å²) >= 11 is 3.24. The summed E-state index contributed by atoms with van der Waals surface area (Å²) in [6, 6.07) is 3.48. The molecule has 4 heteroatoms. The van der Waals surface area contributed by atoms with E-state index < -0.39 is 0 Å². The van der Waals surface area contributed by atoms with Crippen LogP contribution < -0.4 is 4.73 Å². The molecule has 0 aromatic carbocycles. The van der Waals surface area contributed by atoms with Crippen LogP contribution in [0.15, 0.2) is 22.8 Å². The van der Waals surface area contributed by atoms with Crippen molar-refractivity contribution in [1.29, 1.82) is 0 Å². The van der Waals surface area contributed by atoms with Crippen LogP contribution in [-0.2, 0) is 0 Å². The second kappa shape index (κ2) is 3.78. The van der Waals surface area contributed by atoms with Crippen molar-refractivity contribution in [3.8, 4) is 0 Å². The molecule has 0 N–H and O–H groups in total. The second-order valence-corrected chi connectivity index (χ2v) is 2.73. The Morgan fingerprint density at radius 1 is 1.60 bits per heavy atom. The minimum atomic E-state index is 0. The number of aromatic nitrogens is 1. The molecule has 10 heavy (non-hydrogen) atoms. The van der Waals surface area contributed by atoms with Crippen molar-refractivity contribution >= 4 is 28.3 Å². The van der Waals surface area contributed by atoms with Gasteiger partial charge in [0.25, 0.3) is 0 Å². The molecule has 0 spiro atoms. The van der Waals surface area contributed by atoms with Crippen LogP contribution in [0.4, 0.5) is 0 Å². The Hall–Kier alpha value is -0.280. The van der Waals surface area contributed by atoms with Crippen molar-refractivity contribution < 1.29 is 4.73 Å². The summed E-state index contributed by atoms with van der Waals surface area (Å²) in [6.07, 6.45) is 1.47. The molecule has 0 radical (unpaired) electrons. The highest BCUT2D eigenvalue weighted by Gasteiger charge is 1.95. The van der Waals surface area contributed by atoms with E-state index in [9.17, 15) is 5.21 Å². The molecule has 0 fully saturated rings. The molecule has 56 valence electrons. The summed E-state index contributed by atoms with van der Waals surface area (Å²) in [4.78, 5) is 0. The van der Waals surface area contributed by atoms with Gasteiger partial charge < -0.3 is 5.21 Å². The smallest absolute Gasteiger partial charge is 0.190 e. The minimum absolute atomic E-state index is 0. The van der Waals surface area contributed by atoms with Gasteiger partial charge in [-0.1, -0.05) is 15.9 Å². The van der Waals surface area contributed by atoms with Gasteiger partial charge in [0.05, 0.1) is 0 Å². The van der Waals surface area contributed by atoms with Gasteiger partial charge in [0.2, 0.25) is 0 Å². The molecule has 0 bridgehead atoms. The molecule has 0 unspecified atom stereocenters. The van der Waals surface area contributed by atoms with Crippen molar-refractivity contribution in [1.82, 2.24) is 0 Å². The van der Waals surface area contributed by atoms with E-state index in [1.54, 1.807) is 19.1 Å². The summed E-state index contributed by atoms with van der Waals surface area (Å²) in [5.74, 6) is 0. The quantitative estimate of drug-likeness (QED) is 0.488. The van der Waals surface area contributed by atoms with Crippen LogP contribution in [0.3, 0.4) is 0 Å². The van der Waals surface area contributed by atoms with Gasteiger partial charge in [0.15, 0.2) is 11.9 Å². The molecule has 1 aromatic heterocycles. The zero-order valence-electron chi connectivity index (χ0n) is 5.37. The molecule has 0 aliphatic heterocycles. The number of hydrogen-bond acceptors (Lipinski definition) is 1. The fourth-order valence-corrected chi connectivity index (χ4v) is 1.02. The Balaban J connectivity index is 0.000000810. The van der Waals surface area contributed by atoms with Crippen LogP contribution in [0.1, 0.15) is 5.69 Å². The molecule has 0 atom stereocenters. The van der Waals surface area contributed by atoms with Gasteiger partial charge in [-0.05, 0) is 0 Å². The molecule has 0 aliphatic rings. The zero-order chi connectivity index (χ0) is 6.85. The zero-order valence-corrected chi connectivity index (χ0v) is 7.78. The third kappa shape index (κ3) is 2.15. The Labute approximate surface area is 74.0 Å². The highest BCUT2D eigenvalue weighted by molar-refractivity contribution is 9.10. The number of pyridine rings is 1. The van der Waals surface area contributed by atoms with Crippen molar-refractivity contribution in [3.05, 3.63) is 33.7 Å². The SMILES string of the molecule is Cc1cc(Br)cc[n+]1[O-].Cl. The highest BCUT2D eigenvalue weighted by atomic mass is 79.9. The maximum Gasteiger partial charge on any atom is 0.190 e. The van der Waals surface area contributed by atoms with Gasteiger partial charge in [0.1, 0.15) is 0 Å². The average molecular weight is 224 g/mol. The molecule has 1 rings (SSSR count). The monoisotopic (exact) mass is 223 g/mol. The summed E-state index contributed by atoms with van der Waals surface area (Å²) < 4.78 is 1.76. The molecular formula is C6H7BrClNO. The van der Waals surface area contributed by atoms with E-state index >= 15 is 0 Å². The lowest BCUT2D eigenvalue weighted by atomic mass is 10.4. The average Bonchev–Trinajstić information content (AvgIpc) is 1.80. The lowest BCUT2D eigenvalue weighted by molar-refractivity contribution is -0.612. The minimum Gasteiger partial charge on any atom is -0.619 e. The standard InChI is InChI=1S/C6H6BrNO.ClH/c1-5-4-6(7)2-3-8(5)9;/h2-4H,1H3;1H. The first-order chi connectivity index (χ1) is 4.20. The van der Waals surface area contributed by atoms with E-state index in [2.05, 4.69) is 15.9 Å². The van der Waals surface area contributed by atoms with E-state index in [-0.39, 0.29) is 12.4 Å². The van der Waals surface area contributed by atoms with E-state index in [0.717, 1.165) is 9.20 Å². The third-order valence-electron chi connectivity index (χ3n) is 1.06. The van der Waals surface area contributed by atoms with Crippen LogP contribution in [0.5, 0.6) is 0 Å². The second-order valence-electron chi connectivity index (χ2n) is 1.81. The van der Waals surface area contributed by atoms with E-state index in [0.29, 0.717) is 5.69 Å². The maximum absolute atomic E-state index is 10.7. The molecule has 0 amide bonds. The first-order valence-electron chi connectivity index (χ1n) is 2.55. The topological polar surface area (TPSA) is 26.9 Å². The van der Waals surface area contributed by atoms with Gasteiger partial charge in [0, 0.05) is 23.5 Å². The molecule has 0 saturated heterocycles. The number of aryl methyl sites for hydroxylation is 1. The van der Waals surface area contributed by atoms with Crippen molar-refractivity contribution in [2.75, 3.05) is 0 Å². The fraction of sp³-hybridized carbons (Fsp3) is 0.167. The first kappa shape index (κ1) is 9.72. The van der Waals surface area contributed by atoms with Crippen molar-refractivity contribution in [3.63, 3.8) is 0 Å². The number of rotatable bonds is 0. The summed E-state index contributed by atoms with van der Waals surface area (Å²) in [7, 11) is 0. The number of halogens is 2. The first-order valence-corrected chi connectivity index (χ1v) is 3.35. The Bertz CT molecular complexity index is 229. The van der Waals surface area contributed by atoms with Crippen LogP contribution >= 0.6 is 28.3 Å². The molecule has 1 aromatic rings. The summed E-state index contributed by atoms with van der Waals surface area (Å²) in [6.45, 7) is 1.76. The fourth-order valence-electron chi connectivity index (χ4n) is 0.568. The lowest BCUT2D eigenvalue weighted by Gasteiger charge is -1.97.